The Balaban J connectivity index is 2.24. The van der Waals surface area contributed by atoms with Crippen LogP contribution in [0.5, 0.6) is 0 Å². The third-order valence-corrected chi connectivity index (χ3v) is 3.26. The van der Waals surface area contributed by atoms with E-state index in [2.05, 4.69) is 5.32 Å². The van der Waals surface area contributed by atoms with E-state index in [4.69, 9.17) is 11.6 Å². The maximum atomic E-state index is 12.4. The maximum absolute atomic E-state index is 12.4. The molecular formula is C14H17ClN2O2. The lowest BCUT2D eigenvalue weighted by molar-refractivity contribution is -0.131. The third kappa shape index (κ3) is 3.26. The Kier molecular flexibility index (Phi) is 4.10. The third-order valence-electron chi connectivity index (χ3n) is 3.03. The molecule has 1 aromatic rings. The van der Waals surface area contributed by atoms with Crippen LogP contribution in [0.1, 0.15) is 20.3 Å². The molecule has 2 amide bonds. The van der Waals surface area contributed by atoms with Crippen LogP contribution < -0.4 is 10.2 Å². The predicted molar refractivity (Wildman–Crippen MR) is 75.2 cm³/mol. The number of piperazine rings is 1. The largest absolute Gasteiger partial charge is 0.343 e. The highest BCUT2D eigenvalue weighted by Gasteiger charge is 2.33. The van der Waals surface area contributed by atoms with Crippen molar-refractivity contribution in [2.45, 2.75) is 26.3 Å². The molecular weight excluding hydrogens is 264 g/mol. The van der Waals surface area contributed by atoms with Crippen LogP contribution in [0.2, 0.25) is 5.02 Å². The van der Waals surface area contributed by atoms with Crippen LogP contribution in [0.4, 0.5) is 5.69 Å². The van der Waals surface area contributed by atoms with Crippen LogP contribution in [0.3, 0.4) is 0 Å². The second kappa shape index (κ2) is 5.61. The van der Waals surface area contributed by atoms with Gasteiger partial charge in [-0.15, -0.1) is 0 Å². The molecule has 0 spiro atoms. The van der Waals surface area contributed by atoms with Gasteiger partial charge in [0.25, 0.3) is 0 Å². The Labute approximate surface area is 117 Å². The summed E-state index contributed by atoms with van der Waals surface area (Å²) in [5, 5.41) is 3.30. The molecule has 102 valence electrons. The minimum Gasteiger partial charge on any atom is -0.343 e. The molecule has 0 aromatic heterocycles. The summed E-state index contributed by atoms with van der Waals surface area (Å²) < 4.78 is 0. The molecule has 2 rings (SSSR count). The molecule has 19 heavy (non-hydrogen) atoms. The number of amides is 2. The maximum Gasteiger partial charge on any atom is 0.250 e. The van der Waals surface area contributed by atoms with Crippen LogP contribution in [0, 0.1) is 5.92 Å². The molecule has 1 N–H and O–H groups in total. The number of halogens is 1. The lowest BCUT2D eigenvalue weighted by Gasteiger charge is -2.33. The molecule has 0 aliphatic carbocycles. The summed E-state index contributed by atoms with van der Waals surface area (Å²) in [5.74, 6) is 0.134. The molecule has 1 aromatic carbocycles. The molecule has 0 saturated carbocycles. The van der Waals surface area contributed by atoms with Crippen molar-refractivity contribution >= 4 is 29.1 Å². The van der Waals surface area contributed by atoms with Crippen molar-refractivity contribution in [3.8, 4) is 0 Å². The molecule has 1 heterocycles. The van der Waals surface area contributed by atoms with E-state index in [1.807, 2.05) is 13.8 Å². The normalized spacial score (nSPS) is 19.8. The summed E-state index contributed by atoms with van der Waals surface area (Å²) in [4.78, 5) is 25.6. The molecule has 1 saturated heterocycles. The summed E-state index contributed by atoms with van der Waals surface area (Å²) in [7, 11) is 0. The van der Waals surface area contributed by atoms with E-state index in [1.165, 1.54) is 4.90 Å². The van der Waals surface area contributed by atoms with Crippen LogP contribution in [0.15, 0.2) is 24.3 Å². The van der Waals surface area contributed by atoms with Gasteiger partial charge in [0.05, 0.1) is 0 Å². The minimum absolute atomic E-state index is 0.0494. The number of benzene rings is 1. The summed E-state index contributed by atoms with van der Waals surface area (Å²) in [6, 6.07) is 6.56. The average Bonchev–Trinajstić information content (AvgIpc) is 2.32. The van der Waals surface area contributed by atoms with Crippen LogP contribution >= 0.6 is 11.6 Å². The summed E-state index contributed by atoms with van der Waals surface area (Å²) in [5.41, 5.74) is 0.668. The second-order valence-corrected chi connectivity index (χ2v) is 5.59. The SMILES string of the molecule is CC(C)CC1NC(=O)CN(c2cccc(Cl)c2)C1=O. The number of hydrogen-bond acceptors (Lipinski definition) is 2. The highest BCUT2D eigenvalue weighted by Crippen LogP contribution is 2.22. The fourth-order valence-electron chi connectivity index (χ4n) is 2.21. The Hall–Kier alpha value is -1.55. The van der Waals surface area contributed by atoms with Crippen molar-refractivity contribution in [3.63, 3.8) is 0 Å². The fourth-order valence-corrected chi connectivity index (χ4v) is 2.39. The van der Waals surface area contributed by atoms with Crippen molar-refractivity contribution in [3.05, 3.63) is 29.3 Å². The minimum atomic E-state index is -0.444. The highest BCUT2D eigenvalue weighted by atomic mass is 35.5. The predicted octanol–water partition coefficient (Wildman–Crippen LogP) is 2.22. The van der Waals surface area contributed by atoms with E-state index in [9.17, 15) is 9.59 Å². The van der Waals surface area contributed by atoms with E-state index in [0.717, 1.165) is 0 Å². The first-order valence-corrected chi connectivity index (χ1v) is 6.71. The van der Waals surface area contributed by atoms with Crippen molar-refractivity contribution in [2.24, 2.45) is 5.92 Å². The van der Waals surface area contributed by atoms with E-state index in [0.29, 0.717) is 23.0 Å². The second-order valence-electron chi connectivity index (χ2n) is 5.15. The molecule has 1 fully saturated rings. The number of anilines is 1. The number of carbonyl (C=O) groups is 2. The van der Waals surface area contributed by atoms with E-state index < -0.39 is 6.04 Å². The first-order chi connectivity index (χ1) is 8.97. The van der Waals surface area contributed by atoms with Gasteiger partial charge < -0.3 is 10.2 Å². The zero-order valence-electron chi connectivity index (χ0n) is 11.0. The molecule has 1 aliphatic heterocycles. The first kappa shape index (κ1) is 13.9. The smallest absolute Gasteiger partial charge is 0.250 e. The summed E-state index contributed by atoms with van der Waals surface area (Å²) >= 11 is 5.93. The Morgan fingerprint density at radius 2 is 2.16 bits per heavy atom. The van der Waals surface area contributed by atoms with Crippen molar-refractivity contribution < 1.29 is 9.59 Å². The van der Waals surface area contributed by atoms with E-state index in [-0.39, 0.29) is 18.4 Å². The fraction of sp³-hybridized carbons (Fsp3) is 0.429. The molecule has 1 unspecified atom stereocenters. The lowest BCUT2D eigenvalue weighted by Crippen LogP contribution is -2.58. The van der Waals surface area contributed by atoms with Gasteiger partial charge in [-0.1, -0.05) is 31.5 Å². The van der Waals surface area contributed by atoms with Crippen molar-refractivity contribution in [2.75, 3.05) is 11.4 Å². The van der Waals surface area contributed by atoms with Gasteiger partial charge in [0.15, 0.2) is 0 Å². The number of nitrogens with zero attached hydrogens (tertiary/aromatic N) is 1. The number of hydrogen-bond donors (Lipinski definition) is 1. The number of carbonyl (C=O) groups excluding carboxylic acids is 2. The molecule has 4 nitrogen and oxygen atoms in total. The van der Waals surface area contributed by atoms with Crippen molar-refractivity contribution in [1.29, 1.82) is 0 Å². The van der Waals surface area contributed by atoms with Gasteiger partial charge in [0.1, 0.15) is 12.6 Å². The van der Waals surface area contributed by atoms with Gasteiger partial charge in [-0.3, -0.25) is 9.59 Å². The van der Waals surface area contributed by atoms with Gasteiger partial charge in [0, 0.05) is 10.7 Å². The molecule has 0 radical (unpaired) electrons. The van der Waals surface area contributed by atoms with Crippen LogP contribution in [-0.4, -0.2) is 24.4 Å². The average molecular weight is 281 g/mol. The van der Waals surface area contributed by atoms with E-state index in [1.54, 1.807) is 24.3 Å². The molecule has 1 atom stereocenters. The van der Waals surface area contributed by atoms with Gasteiger partial charge in [0.2, 0.25) is 11.8 Å². The molecule has 5 heteroatoms. The number of rotatable bonds is 3. The quantitative estimate of drug-likeness (QED) is 0.923. The standard InChI is InChI=1S/C14H17ClN2O2/c1-9(2)6-12-14(19)17(8-13(18)16-12)11-5-3-4-10(15)7-11/h3-5,7,9,12H,6,8H2,1-2H3,(H,16,18). The first-order valence-electron chi connectivity index (χ1n) is 6.33. The van der Waals surface area contributed by atoms with Gasteiger partial charge in [-0.25, -0.2) is 0 Å². The topological polar surface area (TPSA) is 49.4 Å². The Morgan fingerprint density at radius 1 is 1.42 bits per heavy atom. The van der Waals surface area contributed by atoms with Crippen LogP contribution in [-0.2, 0) is 9.59 Å². The van der Waals surface area contributed by atoms with Gasteiger partial charge >= 0.3 is 0 Å². The Bertz CT molecular complexity index is 502. The monoisotopic (exact) mass is 280 g/mol. The zero-order valence-corrected chi connectivity index (χ0v) is 11.8. The van der Waals surface area contributed by atoms with Crippen molar-refractivity contribution in [1.82, 2.24) is 5.32 Å². The zero-order chi connectivity index (χ0) is 14.0. The number of nitrogens with one attached hydrogen (secondary N) is 1. The van der Waals surface area contributed by atoms with Gasteiger partial charge in [-0.05, 0) is 30.5 Å². The summed E-state index contributed by atoms with van der Waals surface area (Å²) in [6.07, 6.45) is 0.641. The lowest BCUT2D eigenvalue weighted by atomic mass is 10.0. The molecule has 0 bridgehead atoms. The highest BCUT2D eigenvalue weighted by molar-refractivity contribution is 6.31. The Morgan fingerprint density at radius 3 is 2.79 bits per heavy atom. The summed E-state index contributed by atoms with van der Waals surface area (Å²) in [6.45, 7) is 4.10. The molecule has 1 aliphatic rings. The van der Waals surface area contributed by atoms with Gasteiger partial charge in [-0.2, -0.15) is 0 Å². The van der Waals surface area contributed by atoms with E-state index >= 15 is 0 Å². The van der Waals surface area contributed by atoms with Crippen LogP contribution in [0.25, 0.3) is 0 Å².